The first kappa shape index (κ1) is 9.70. The number of hydrogen-bond acceptors (Lipinski definition) is 3. The Bertz CT molecular complexity index is 57.8. The molecule has 0 spiro atoms. The molecule has 0 rings (SSSR count). The van der Waals surface area contributed by atoms with Gasteiger partial charge in [0.2, 0.25) is 0 Å². The summed E-state index contributed by atoms with van der Waals surface area (Å²) in [6, 6.07) is 0. The Kier molecular flexibility index (Phi) is 4.86. The van der Waals surface area contributed by atoms with Crippen molar-refractivity contribution in [3.8, 4) is 0 Å². The van der Waals surface area contributed by atoms with E-state index in [0.717, 1.165) is 6.16 Å². The van der Waals surface area contributed by atoms with Crippen LogP contribution < -0.4 is 11.5 Å². The van der Waals surface area contributed by atoms with E-state index < -0.39 is 0 Å². The van der Waals surface area contributed by atoms with Crippen molar-refractivity contribution in [3.05, 3.63) is 0 Å². The fourth-order valence-electron chi connectivity index (χ4n) is 0.500. The molecule has 0 amide bonds. The smallest absolute Gasteiger partial charge is 0.0435 e. The van der Waals surface area contributed by atoms with Crippen LogP contribution >= 0.6 is 21.0 Å². The fraction of sp³-hybridized carbons (Fsp3) is 1.00. The Hall–Kier alpha value is 0.700. The minimum absolute atomic E-state index is 0.102. The van der Waals surface area contributed by atoms with E-state index in [4.69, 9.17) is 11.5 Å². The minimum Gasteiger partial charge on any atom is -0.329 e. The Labute approximate surface area is 63.3 Å². The van der Waals surface area contributed by atoms with Gasteiger partial charge in [0, 0.05) is 17.8 Å². The van der Waals surface area contributed by atoms with E-state index in [2.05, 4.69) is 9.24 Å². The molecule has 0 aromatic rings. The maximum Gasteiger partial charge on any atom is 0.0435 e. The molecule has 9 heavy (non-hydrogen) atoms. The summed E-state index contributed by atoms with van der Waals surface area (Å²) in [5.41, 5.74) is 11.1. The zero-order chi connectivity index (χ0) is 7.33. The molecular formula is C5H15N2PS. The van der Waals surface area contributed by atoms with Crippen LogP contribution in [0, 0.1) is 0 Å². The molecule has 0 aromatic heterocycles. The zero-order valence-corrected chi connectivity index (χ0v) is 7.73. The molecule has 1 atom stereocenters. The summed E-state index contributed by atoms with van der Waals surface area (Å²) in [7, 11) is 2.68. The van der Waals surface area contributed by atoms with Gasteiger partial charge in [-0.1, -0.05) is 0 Å². The third-order valence-corrected chi connectivity index (χ3v) is 3.99. The highest BCUT2D eigenvalue weighted by Crippen LogP contribution is 2.22. The lowest BCUT2D eigenvalue weighted by molar-refractivity contribution is 0.675. The van der Waals surface area contributed by atoms with E-state index in [1.807, 2.05) is 6.26 Å². The molecule has 0 saturated heterocycles. The molecule has 0 saturated carbocycles. The van der Waals surface area contributed by atoms with Crippen LogP contribution in [-0.2, 0) is 0 Å². The molecule has 0 heterocycles. The van der Waals surface area contributed by atoms with Crippen LogP contribution in [0.3, 0.4) is 0 Å². The highest BCUT2D eigenvalue weighted by molar-refractivity contribution is 8.00. The molecule has 0 aliphatic heterocycles. The lowest BCUT2D eigenvalue weighted by Gasteiger charge is -2.26. The average Bonchev–Trinajstić information content (AvgIpc) is 1.95. The van der Waals surface area contributed by atoms with Crippen molar-refractivity contribution in [3.63, 3.8) is 0 Å². The fourth-order valence-corrected chi connectivity index (χ4v) is 1.83. The van der Waals surface area contributed by atoms with Gasteiger partial charge in [0.05, 0.1) is 0 Å². The van der Waals surface area contributed by atoms with Crippen LogP contribution in [0.25, 0.3) is 0 Å². The summed E-state index contributed by atoms with van der Waals surface area (Å²) in [4.78, 5) is 0. The summed E-state index contributed by atoms with van der Waals surface area (Å²) in [6.45, 7) is 1.32. The molecule has 2 nitrogen and oxygen atoms in total. The number of nitrogens with two attached hydrogens (primary N) is 2. The summed E-state index contributed by atoms with van der Waals surface area (Å²) in [5, 5.41) is 0. The summed E-state index contributed by atoms with van der Waals surface area (Å²) < 4.78 is 0.102. The summed E-state index contributed by atoms with van der Waals surface area (Å²) in [5.74, 6) is 0. The highest BCUT2D eigenvalue weighted by Gasteiger charge is 2.22. The van der Waals surface area contributed by atoms with Crippen molar-refractivity contribution in [2.45, 2.75) is 4.75 Å². The van der Waals surface area contributed by atoms with E-state index >= 15 is 0 Å². The monoisotopic (exact) mass is 166 g/mol. The number of thioether (sulfide) groups is 1. The van der Waals surface area contributed by atoms with E-state index in [9.17, 15) is 0 Å². The lowest BCUT2D eigenvalue weighted by atomic mass is 10.2. The highest BCUT2D eigenvalue weighted by atomic mass is 32.2. The number of hydrogen-bond donors (Lipinski definition) is 2. The third kappa shape index (κ3) is 2.42. The quantitative estimate of drug-likeness (QED) is 0.572. The molecule has 0 aliphatic rings. The van der Waals surface area contributed by atoms with Gasteiger partial charge >= 0.3 is 0 Å². The molecule has 0 aromatic carbocycles. The molecular weight excluding hydrogens is 151 g/mol. The van der Waals surface area contributed by atoms with Crippen molar-refractivity contribution in [2.75, 3.05) is 25.5 Å². The molecule has 4 N–H and O–H groups in total. The first-order valence-electron chi connectivity index (χ1n) is 2.90. The SMILES string of the molecule is CSC(CN)(CN)CP. The second-order valence-electron chi connectivity index (χ2n) is 2.00. The maximum absolute atomic E-state index is 5.53. The van der Waals surface area contributed by atoms with Crippen LogP contribution in [0.2, 0.25) is 0 Å². The predicted octanol–water partition coefficient (Wildman–Crippen LogP) is -0.119. The normalized spacial score (nSPS) is 12.0. The lowest BCUT2D eigenvalue weighted by Crippen LogP contribution is -2.43. The van der Waals surface area contributed by atoms with Crippen molar-refractivity contribution < 1.29 is 0 Å². The van der Waals surface area contributed by atoms with Gasteiger partial charge in [-0.2, -0.15) is 11.8 Å². The van der Waals surface area contributed by atoms with Crippen LogP contribution in [0.1, 0.15) is 0 Å². The second-order valence-corrected chi connectivity index (χ2v) is 3.68. The molecule has 1 unspecified atom stereocenters. The van der Waals surface area contributed by atoms with Gasteiger partial charge in [-0.3, -0.25) is 0 Å². The Morgan fingerprint density at radius 1 is 1.44 bits per heavy atom. The van der Waals surface area contributed by atoms with Crippen molar-refractivity contribution >= 4 is 21.0 Å². The Morgan fingerprint density at radius 3 is 1.89 bits per heavy atom. The van der Waals surface area contributed by atoms with Crippen molar-refractivity contribution in [1.82, 2.24) is 0 Å². The largest absolute Gasteiger partial charge is 0.329 e. The molecule has 0 radical (unpaired) electrons. The van der Waals surface area contributed by atoms with Gasteiger partial charge in [-0.05, 0) is 12.4 Å². The first-order chi connectivity index (χ1) is 4.24. The Morgan fingerprint density at radius 2 is 1.89 bits per heavy atom. The molecule has 0 fully saturated rings. The van der Waals surface area contributed by atoms with Crippen LogP contribution in [0.15, 0.2) is 0 Å². The van der Waals surface area contributed by atoms with Gasteiger partial charge in [0.15, 0.2) is 0 Å². The first-order valence-corrected chi connectivity index (χ1v) is 4.94. The molecule has 56 valence electrons. The van der Waals surface area contributed by atoms with E-state index in [-0.39, 0.29) is 4.75 Å². The third-order valence-electron chi connectivity index (χ3n) is 1.55. The maximum atomic E-state index is 5.53. The molecule has 4 heteroatoms. The molecule has 0 aliphatic carbocycles. The van der Waals surface area contributed by atoms with Crippen LogP contribution in [0.4, 0.5) is 0 Å². The Balaban J connectivity index is 3.82. The summed E-state index contributed by atoms with van der Waals surface area (Å²) >= 11 is 1.75. The van der Waals surface area contributed by atoms with E-state index in [0.29, 0.717) is 13.1 Å². The standard InChI is InChI=1S/C5H15N2PS/c1-9-5(2-6,3-7)4-8/h2-4,6-8H2,1H3. The van der Waals surface area contributed by atoms with E-state index in [1.165, 1.54) is 0 Å². The van der Waals surface area contributed by atoms with Gasteiger partial charge in [-0.25, -0.2) is 0 Å². The summed E-state index contributed by atoms with van der Waals surface area (Å²) in [6.07, 6.45) is 3.02. The number of rotatable bonds is 4. The second kappa shape index (κ2) is 4.51. The minimum atomic E-state index is 0.102. The zero-order valence-electron chi connectivity index (χ0n) is 5.76. The van der Waals surface area contributed by atoms with Crippen molar-refractivity contribution in [1.29, 1.82) is 0 Å². The predicted molar refractivity (Wildman–Crippen MR) is 48.9 cm³/mol. The van der Waals surface area contributed by atoms with Gasteiger partial charge in [0.1, 0.15) is 0 Å². The van der Waals surface area contributed by atoms with Crippen LogP contribution in [0.5, 0.6) is 0 Å². The topological polar surface area (TPSA) is 52.0 Å². The average molecular weight is 166 g/mol. The van der Waals surface area contributed by atoms with Gasteiger partial charge in [0.25, 0.3) is 0 Å². The van der Waals surface area contributed by atoms with E-state index in [1.54, 1.807) is 11.8 Å². The van der Waals surface area contributed by atoms with Gasteiger partial charge in [-0.15, -0.1) is 9.24 Å². The van der Waals surface area contributed by atoms with Crippen LogP contribution in [-0.4, -0.2) is 30.3 Å². The molecule has 0 bridgehead atoms. The van der Waals surface area contributed by atoms with Crippen molar-refractivity contribution in [2.24, 2.45) is 11.5 Å². The van der Waals surface area contributed by atoms with Gasteiger partial charge < -0.3 is 11.5 Å².